The van der Waals surface area contributed by atoms with Gasteiger partial charge in [0, 0.05) is 18.9 Å². The number of ether oxygens (including phenoxy) is 2. The van der Waals surface area contributed by atoms with Gasteiger partial charge in [0.25, 0.3) is 0 Å². The lowest BCUT2D eigenvalue weighted by molar-refractivity contribution is -0.178. The summed E-state index contributed by atoms with van der Waals surface area (Å²) in [6.07, 6.45) is 0.102. The van der Waals surface area contributed by atoms with E-state index in [4.69, 9.17) is 9.47 Å². The SMILES string of the molecule is CCOC(=O)C1(C(=O)OCC)C(C)CC(=O)N1Cc1ccccc1. The Morgan fingerprint density at radius 3 is 2.17 bits per heavy atom. The number of hydrogen-bond donors (Lipinski definition) is 0. The smallest absolute Gasteiger partial charge is 0.344 e. The zero-order valence-electron chi connectivity index (χ0n) is 14.3. The molecule has 0 bridgehead atoms. The highest BCUT2D eigenvalue weighted by Gasteiger charge is 2.63. The third-order valence-corrected chi connectivity index (χ3v) is 4.28. The minimum absolute atomic E-state index is 0.102. The zero-order valence-corrected chi connectivity index (χ0v) is 14.3. The summed E-state index contributed by atoms with van der Waals surface area (Å²) >= 11 is 0. The van der Waals surface area contributed by atoms with E-state index in [1.807, 2.05) is 30.3 Å². The van der Waals surface area contributed by atoms with Crippen molar-refractivity contribution in [1.29, 1.82) is 0 Å². The van der Waals surface area contributed by atoms with Crippen LogP contribution in [0.2, 0.25) is 0 Å². The molecule has 130 valence electrons. The van der Waals surface area contributed by atoms with Gasteiger partial charge in [0.2, 0.25) is 11.4 Å². The number of rotatable bonds is 6. The summed E-state index contributed by atoms with van der Waals surface area (Å²) in [5.74, 6) is -2.23. The number of nitrogens with zero attached hydrogens (tertiary/aromatic N) is 1. The highest BCUT2D eigenvalue weighted by molar-refractivity contribution is 6.10. The summed E-state index contributed by atoms with van der Waals surface area (Å²) in [7, 11) is 0. The first kappa shape index (κ1) is 18.0. The van der Waals surface area contributed by atoms with Crippen molar-refractivity contribution in [1.82, 2.24) is 4.90 Å². The number of carbonyl (C=O) groups is 3. The van der Waals surface area contributed by atoms with Gasteiger partial charge in [-0.15, -0.1) is 0 Å². The van der Waals surface area contributed by atoms with Gasteiger partial charge in [-0.05, 0) is 19.4 Å². The Morgan fingerprint density at radius 2 is 1.67 bits per heavy atom. The molecular formula is C18H23NO5. The topological polar surface area (TPSA) is 72.9 Å². The summed E-state index contributed by atoms with van der Waals surface area (Å²) in [6.45, 7) is 5.44. The van der Waals surface area contributed by atoms with E-state index >= 15 is 0 Å². The van der Waals surface area contributed by atoms with Gasteiger partial charge >= 0.3 is 11.9 Å². The number of hydrogen-bond acceptors (Lipinski definition) is 5. The number of benzene rings is 1. The van der Waals surface area contributed by atoms with Gasteiger partial charge in [0.05, 0.1) is 13.2 Å². The lowest BCUT2D eigenvalue weighted by Crippen LogP contribution is -2.61. The molecule has 1 saturated heterocycles. The second-order valence-electron chi connectivity index (χ2n) is 5.78. The maximum atomic E-state index is 12.7. The second-order valence-corrected chi connectivity index (χ2v) is 5.78. The average Bonchev–Trinajstić information content (AvgIpc) is 2.80. The van der Waals surface area contributed by atoms with E-state index < -0.39 is 23.4 Å². The van der Waals surface area contributed by atoms with Crippen LogP contribution in [0, 0.1) is 5.92 Å². The van der Waals surface area contributed by atoms with Gasteiger partial charge in [-0.2, -0.15) is 0 Å². The first-order chi connectivity index (χ1) is 11.5. The van der Waals surface area contributed by atoms with Crippen molar-refractivity contribution in [3.05, 3.63) is 35.9 Å². The Bertz CT molecular complexity index is 595. The molecule has 0 radical (unpaired) electrons. The van der Waals surface area contributed by atoms with Crippen LogP contribution in [0.15, 0.2) is 30.3 Å². The van der Waals surface area contributed by atoms with Crippen LogP contribution in [0.1, 0.15) is 32.8 Å². The molecule has 1 heterocycles. The maximum absolute atomic E-state index is 12.7. The van der Waals surface area contributed by atoms with Crippen molar-refractivity contribution in [2.75, 3.05) is 13.2 Å². The van der Waals surface area contributed by atoms with E-state index in [0.717, 1.165) is 5.56 Å². The number of carbonyl (C=O) groups excluding carboxylic acids is 3. The van der Waals surface area contributed by atoms with Crippen molar-refractivity contribution in [3.63, 3.8) is 0 Å². The van der Waals surface area contributed by atoms with E-state index in [9.17, 15) is 14.4 Å². The van der Waals surface area contributed by atoms with Gasteiger partial charge in [-0.3, -0.25) is 4.79 Å². The molecule has 1 aliphatic rings. The molecule has 0 aromatic heterocycles. The van der Waals surface area contributed by atoms with Crippen molar-refractivity contribution < 1.29 is 23.9 Å². The predicted octanol–water partition coefficient (Wildman–Crippen LogP) is 1.92. The Hall–Kier alpha value is -2.37. The van der Waals surface area contributed by atoms with Gasteiger partial charge in [0.1, 0.15) is 0 Å². The molecule has 1 fully saturated rings. The van der Waals surface area contributed by atoms with Crippen molar-refractivity contribution in [3.8, 4) is 0 Å². The summed E-state index contributed by atoms with van der Waals surface area (Å²) in [5, 5.41) is 0. The monoisotopic (exact) mass is 333 g/mol. The standard InChI is InChI=1S/C18H23NO5/c1-4-23-16(21)18(17(22)24-5-2)13(3)11-15(20)19(18)12-14-9-7-6-8-10-14/h6-10,13H,4-5,11-12H2,1-3H3. The lowest BCUT2D eigenvalue weighted by atomic mass is 9.85. The van der Waals surface area contributed by atoms with Crippen LogP contribution in [0.4, 0.5) is 0 Å². The van der Waals surface area contributed by atoms with E-state index in [1.165, 1.54) is 4.90 Å². The molecule has 1 amide bonds. The fourth-order valence-electron chi connectivity index (χ4n) is 3.15. The summed E-state index contributed by atoms with van der Waals surface area (Å²) in [4.78, 5) is 39.3. The number of likely N-dealkylation sites (tertiary alicyclic amines) is 1. The van der Waals surface area contributed by atoms with E-state index in [2.05, 4.69) is 0 Å². The molecule has 6 nitrogen and oxygen atoms in total. The molecule has 1 aromatic carbocycles. The summed E-state index contributed by atoms with van der Waals surface area (Å²) in [6, 6.07) is 9.24. The summed E-state index contributed by atoms with van der Waals surface area (Å²) in [5.41, 5.74) is -0.892. The van der Waals surface area contributed by atoms with Crippen LogP contribution in [0.5, 0.6) is 0 Å². The summed E-state index contributed by atoms with van der Waals surface area (Å²) < 4.78 is 10.3. The number of esters is 2. The van der Waals surface area contributed by atoms with Crippen LogP contribution in [0.25, 0.3) is 0 Å². The Balaban J connectivity index is 2.47. The lowest BCUT2D eigenvalue weighted by Gasteiger charge is -2.36. The fraction of sp³-hybridized carbons (Fsp3) is 0.500. The van der Waals surface area contributed by atoms with Crippen LogP contribution in [-0.4, -0.2) is 41.5 Å². The maximum Gasteiger partial charge on any atom is 0.344 e. The minimum Gasteiger partial charge on any atom is -0.464 e. The Morgan fingerprint density at radius 1 is 1.12 bits per heavy atom. The molecule has 0 saturated carbocycles. The third-order valence-electron chi connectivity index (χ3n) is 4.28. The molecule has 2 rings (SSSR count). The molecule has 1 unspecified atom stereocenters. The molecule has 1 aliphatic heterocycles. The molecule has 0 aliphatic carbocycles. The highest BCUT2D eigenvalue weighted by Crippen LogP contribution is 2.39. The minimum atomic E-state index is -1.72. The van der Waals surface area contributed by atoms with Crippen LogP contribution in [0.3, 0.4) is 0 Å². The Kier molecular flexibility index (Phi) is 5.59. The van der Waals surface area contributed by atoms with Gasteiger partial charge in [0.15, 0.2) is 0 Å². The van der Waals surface area contributed by atoms with E-state index in [-0.39, 0.29) is 32.1 Å². The molecule has 24 heavy (non-hydrogen) atoms. The van der Waals surface area contributed by atoms with Gasteiger partial charge in [-0.1, -0.05) is 37.3 Å². The van der Waals surface area contributed by atoms with Crippen molar-refractivity contribution in [2.24, 2.45) is 5.92 Å². The first-order valence-electron chi connectivity index (χ1n) is 8.17. The normalized spacial score (nSPS) is 19.2. The molecular weight excluding hydrogens is 310 g/mol. The Labute approximate surface area is 141 Å². The number of amides is 1. The predicted molar refractivity (Wildman–Crippen MR) is 86.8 cm³/mol. The van der Waals surface area contributed by atoms with Gasteiger partial charge in [-0.25, -0.2) is 9.59 Å². The molecule has 1 atom stereocenters. The highest BCUT2D eigenvalue weighted by atomic mass is 16.6. The second kappa shape index (κ2) is 7.47. The van der Waals surface area contributed by atoms with E-state index in [1.54, 1.807) is 20.8 Å². The van der Waals surface area contributed by atoms with Crippen molar-refractivity contribution in [2.45, 2.75) is 39.3 Å². The third kappa shape index (κ3) is 3.00. The van der Waals surface area contributed by atoms with Gasteiger partial charge < -0.3 is 14.4 Å². The first-order valence-corrected chi connectivity index (χ1v) is 8.17. The van der Waals surface area contributed by atoms with Crippen molar-refractivity contribution >= 4 is 17.8 Å². The molecule has 1 aromatic rings. The van der Waals surface area contributed by atoms with E-state index in [0.29, 0.717) is 0 Å². The quantitative estimate of drug-likeness (QED) is 0.587. The van der Waals surface area contributed by atoms with Crippen LogP contribution >= 0.6 is 0 Å². The average molecular weight is 333 g/mol. The molecule has 0 spiro atoms. The van der Waals surface area contributed by atoms with Crippen LogP contribution < -0.4 is 0 Å². The fourth-order valence-corrected chi connectivity index (χ4v) is 3.15. The van der Waals surface area contributed by atoms with Crippen LogP contribution in [-0.2, 0) is 30.4 Å². The zero-order chi connectivity index (χ0) is 17.7. The largest absolute Gasteiger partial charge is 0.464 e. The molecule has 6 heteroatoms. The molecule has 0 N–H and O–H groups in total.